The smallest absolute Gasteiger partial charge is 0.410 e. The number of imide groups is 4. The van der Waals surface area contributed by atoms with Crippen LogP contribution in [0.15, 0.2) is 110 Å². The van der Waals surface area contributed by atoms with Gasteiger partial charge in [-0.25, -0.2) is 4.79 Å². The Morgan fingerprint density at radius 1 is 0.471 bits per heavy atom. The van der Waals surface area contributed by atoms with Gasteiger partial charge in [0.25, 0.3) is 23.6 Å². The van der Waals surface area contributed by atoms with Crippen molar-refractivity contribution in [3.63, 3.8) is 0 Å². The summed E-state index contributed by atoms with van der Waals surface area (Å²) in [5.41, 5.74) is 7.57. The van der Waals surface area contributed by atoms with Crippen molar-refractivity contribution in [2.45, 2.75) is 77.5 Å². The van der Waals surface area contributed by atoms with Crippen LogP contribution in [0.25, 0.3) is 43.6 Å². The van der Waals surface area contributed by atoms with Crippen molar-refractivity contribution in [3.8, 4) is 11.5 Å². The summed E-state index contributed by atoms with van der Waals surface area (Å²) in [7, 11) is 4.20. The van der Waals surface area contributed by atoms with Gasteiger partial charge in [0.1, 0.15) is 42.4 Å². The zero-order valence-electron chi connectivity index (χ0n) is 59.5. The topological polar surface area (TPSA) is 297 Å². The van der Waals surface area contributed by atoms with Gasteiger partial charge in [0.15, 0.2) is 0 Å². The molecule has 14 rings (SSSR count). The van der Waals surface area contributed by atoms with Gasteiger partial charge in [-0.1, -0.05) is 19.1 Å². The fourth-order valence-corrected chi connectivity index (χ4v) is 13.7. The van der Waals surface area contributed by atoms with Gasteiger partial charge in [-0.05, 0) is 113 Å². The highest BCUT2D eigenvalue weighted by molar-refractivity contribution is 6.25. The molecular weight excluding hydrogens is 1340 g/mol. The van der Waals surface area contributed by atoms with Crippen LogP contribution in [0, 0.1) is 0 Å². The molecule has 0 spiro atoms. The molecule has 0 bridgehead atoms. The molecule has 4 aromatic carbocycles. The van der Waals surface area contributed by atoms with E-state index in [-0.39, 0.29) is 67.2 Å². The molecule has 4 saturated heterocycles. The van der Waals surface area contributed by atoms with E-state index in [2.05, 4.69) is 107 Å². The lowest BCUT2D eigenvalue weighted by Crippen LogP contribution is -2.54. The van der Waals surface area contributed by atoms with Crippen molar-refractivity contribution < 1.29 is 76.3 Å². The lowest BCUT2D eigenvalue weighted by molar-refractivity contribution is -0.137. The Kier molecular flexibility index (Phi) is 23.2. The second-order valence-corrected chi connectivity index (χ2v) is 27.0. The third-order valence-electron chi connectivity index (χ3n) is 19.1. The van der Waals surface area contributed by atoms with E-state index in [0.717, 1.165) is 62.0 Å². The number of amides is 9. The van der Waals surface area contributed by atoms with E-state index in [4.69, 9.17) is 33.2 Å². The van der Waals surface area contributed by atoms with Gasteiger partial charge in [-0.2, -0.15) is 0 Å². The van der Waals surface area contributed by atoms with Crippen LogP contribution in [0.3, 0.4) is 0 Å². The number of anilines is 2. The summed E-state index contributed by atoms with van der Waals surface area (Å²) in [4.78, 5) is 130. The molecule has 4 aromatic heterocycles. The molecule has 6 aliphatic heterocycles. The summed E-state index contributed by atoms with van der Waals surface area (Å²) >= 11 is 0. The van der Waals surface area contributed by atoms with Crippen LogP contribution >= 0.6 is 0 Å². The number of pyridine rings is 2. The number of rotatable bonds is 23. The Bertz CT molecular complexity index is 4550. The Morgan fingerprint density at radius 2 is 0.894 bits per heavy atom. The van der Waals surface area contributed by atoms with E-state index in [0.29, 0.717) is 77.4 Å². The maximum atomic E-state index is 13.0. The highest BCUT2D eigenvalue weighted by atomic mass is 16.6. The van der Waals surface area contributed by atoms with Crippen molar-refractivity contribution in [3.05, 3.63) is 132 Å². The van der Waals surface area contributed by atoms with Crippen LogP contribution in [-0.2, 0) is 57.0 Å². The van der Waals surface area contributed by atoms with Gasteiger partial charge in [0.05, 0.1) is 90.6 Å². The fourth-order valence-electron chi connectivity index (χ4n) is 13.7. The van der Waals surface area contributed by atoms with Crippen LogP contribution < -0.4 is 29.9 Å². The second kappa shape index (κ2) is 32.9. The Balaban J connectivity index is 0.000000156. The quantitative estimate of drug-likeness (QED) is 0.0478. The minimum atomic E-state index is -0.999. The largest absolute Gasteiger partial charge is 0.491 e. The molecule has 6 aliphatic rings. The first-order valence-corrected chi connectivity index (χ1v) is 35.4. The molecule has 0 radical (unpaired) electrons. The van der Waals surface area contributed by atoms with Crippen molar-refractivity contribution in [1.82, 2.24) is 49.3 Å². The summed E-state index contributed by atoms with van der Waals surface area (Å²) < 4.78 is 43.4. The van der Waals surface area contributed by atoms with Crippen LogP contribution in [0.1, 0.15) is 101 Å². The number of aromatic nitrogens is 4. The molecule has 0 aliphatic carbocycles. The van der Waals surface area contributed by atoms with Crippen LogP contribution in [-0.4, -0.2) is 235 Å². The van der Waals surface area contributed by atoms with E-state index in [1.807, 2.05) is 52.5 Å². The van der Waals surface area contributed by atoms with Gasteiger partial charge in [-0.15, -0.1) is 0 Å². The van der Waals surface area contributed by atoms with E-state index >= 15 is 0 Å². The molecule has 4 fully saturated rings. The van der Waals surface area contributed by atoms with Gasteiger partial charge in [0.2, 0.25) is 23.6 Å². The summed E-state index contributed by atoms with van der Waals surface area (Å²) in [6, 6.07) is 24.7. The number of hydrogen-bond donors (Lipinski definition) is 2. The third-order valence-corrected chi connectivity index (χ3v) is 19.1. The average molecular weight is 1430 g/mol. The molecule has 28 heteroatoms. The zero-order valence-corrected chi connectivity index (χ0v) is 59.5. The SMILES string of the molecule is CCCOCCOCCOc1ccc2c(c1)C(=O)N(C1CCC(=O)NC1=O)C2=O.Cn1c2ccncc2c2ccc(N3CCN(C(=O)OC(C)(C)C)CC3)cc21.Cn1c2ccncc2c2ccc(N3CCN(CCOCCOCCOc4ccc5c(c4)C(=O)N(C4CCC(=O)NC4=O)C5=O)CC3)cc21. The molecule has 9 amide bonds. The molecule has 0 saturated carbocycles. The second-order valence-electron chi connectivity index (χ2n) is 27.0. The normalized spacial score (nSPS) is 17.9. The van der Waals surface area contributed by atoms with Crippen molar-refractivity contribution >= 4 is 108 Å². The predicted molar refractivity (Wildman–Crippen MR) is 386 cm³/mol. The third kappa shape index (κ3) is 16.6. The molecule has 2 atom stereocenters. The maximum Gasteiger partial charge on any atom is 0.410 e. The number of nitrogens with zero attached hydrogens (tertiary/aromatic N) is 10. The fraction of sp³-hybridized carbons (Fsp3) is 0.434. The minimum Gasteiger partial charge on any atom is -0.491 e. The first-order valence-electron chi connectivity index (χ1n) is 35.4. The van der Waals surface area contributed by atoms with Crippen molar-refractivity contribution in [2.75, 3.05) is 135 Å². The number of carbonyl (C=O) groups is 9. The Hall–Kier alpha value is -10.4. The summed E-state index contributed by atoms with van der Waals surface area (Å²) in [6.45, 7) is 19.9. The molecule has 2 unspecified atom stereocenters. The summed E-state index contributed by atoms with van der Waals surface area (Å²) in [5, 5.41) is 9.17. The first-order chi connectivity index (χ1) is 50.2. The predicted octanol–water partition coefficient (Wildman–Crippen LogP) is 7.06. The number of piperidine rings is 2. The van der Waals surface area contributed by atoms with Crippen molar-refractivity contribution in [2.24, 2.45) is 14.1 Å². The molecule has 28 nitrogen and oxygen atoms in total. The van der Waals surface area contributed by atoms with Crippen molar-refractivity contribution in [1.29, 1.82) is 0 Å². The number of aryl methyl sites for hydroxylation is 2. The lowest BCUT2D eigenvalue weighted by atomic mass is 10.0. The summed E-state index contributed by atoms with van der Waals surface area (Å²) in [6.07, 6.45) is 8.67. The van der Waals surface area contributed by atoms with E-state index in [9.17, 15) is 43.2 Å². The van der Waals surface area contributed by atoms with E-state index in [1.165, 1.54) is 79.3 Å². The van der Waals surface area contributed by atoms with E-state index in [1.54, 1.807) is 17.0 Å². The van der Waals surface area contributed by atoms with Gasteiger partial charge < -0.3 is 57.0 Å². The standard InChI is InChI=1S/C35H38N6O7.C21H26N4O2.C20H24N2O7/c1-38-29-8-9-36-22-28(29)25-4-2-23(20-31(25)38)40-12-10-39(11-13-40)14-15-46-16-17-47-18-19-48-24-3-5-26-27(21-24)35(45)41(34(26)44)30-6-7-32(42)37-33(30)43;1-21(2,3)27-20(26)25-11-9-24(10-12-25)15-5-6-16-17-14-22-8-7-18(17)23(4)19(16)13-15;1-2-7-27-8-9-28-10-11-29-13-3-4-14-15(12-13)20(26)22(19(14)25)16-5-6-17(23)21-18(16)24/h2-5,8-9,20-22,30H,6-7,10-19H2,1H3,(H,37,42,43);5-8,13-14H,9-12H2,1-4H3;3-4,12,16H,2,5-11H2,1H3,(H,21,23,24). The van der Waals surface area contributed by atoms with Gasteiger partial charge >= 0.3 is 6.09 Å². The number of benzene rings is 4. The molecule has 8 aromatic rings. The maximum absolute atomic E-state index is 13.0. The van der Waals surface area contributed by atoms with Crippen LogP contribution in [0.2, 0.25) is 0 Å². The molecule has 10 heterocycles. The van der Waals surface area contributed by atoms with Crippen LogP contribution in [0.5, 0.6) is 11.5 Å². The number of fused-ring (bicyclic) bond motifs is 8. The summed E-state index contributed by atoms with van der Waals surface area (Å²) in [5.74, 6) is -3.44. The minimum absolute atomic E-state index is 0.0742. The zero-order chi connectivity index (χ0) is 73.2. The number of carbonyl (C=O) groups excluding carboxylic acids is 9. The number of ether oxygens (including phenoxy) is 7. The van der Waals surface area contributed by atoms with Gasteiger partial charge in [-0.3, -0.25) is 73.7 Å². The van der Waals surface area contributed by atoms with Crippen LogP contribution in [0.4, 0.5) is 16.2 Å². The average Bonchev–Trinajstić information content (AvgIpc) is 1.63. The number of piperazine rings is 2. The molecule has 2 N–H and O–H groups in total. The van der Waals surface area contributed by atoms with Gasteiger partial charge in [0, 0.05) is 150 Å². The highest BCUT2D eigenvalue weighted by Gasteiger charge is 2.46. The molecule has 104 heavy (non-hydrogen) atoms. The molecule has 548 valence electrons. The number of nitrogens with one attached hydrogen (secondary N) is 2. The first kappa shape index (κ1) is 73.4. The number of hydrogen-bond acceptors (Lipinski definition) is 21. The Morgan fingerprint density at radius 3 is 1.34 bits per heavy atom. The Labute approximate surface area is 601 Å². The van der Waals surface area contributed by atoms with E-state index < -0.39 is 64.9 Å². The molecular formula is C76H88N12O16. The lowest BCUT2D eigenvalue weighted by Gasteiger charge is -2.36. The highest BCUT2D eigenvalue weighted by Crippen LogP contribution is 2.35. The monoisotopic (exact) mass is 1420 g/mol.